The fraction of sp³-hybridized carbons (Fsp3) is 0.500. The fourth-order valence-corrected chi connectivity index (χ4v) is 1.56. The molecule has 0 aliphatic rings. The highest BCUT2D eigenvalue weighted by atomic mass is 16.6. The minimum atomic E-state index is -1.45. The number of hydrogen-bond acceptors (Lipinski definition) is 8. The number of imidazole rings is 1. The number of hydrogen-bond donors (Lipinski definition) is 4. The van der Waals surface area contributed by atoms with Crippen LogP contribution >= 0.6 is 0 Å². The standard InChI is InChI=1S/C10H15N5O4/c1-5(17)6(2-16)19-10(18)15-4-14-7-8(11)12-3-13-9(7)15/h3-6,10,16-18H,2H2,1H3,(H2,11,12,13)/t5?,6-,10?/m1/s1. The van der Waals surface area contributed by atoms with Crippen LogP contribution in [0.5, 0.6) is 0 Å². The van der Waals surface area contributed by atoms with Gasteiger partial charge in [-0.15, -0.1) is 0 Å². The van der Waals surface area contributed by atoms with E-state index in [1.54, 1.807) is 0 Å². The number of aliphatic hydroxyl groups is 3. The van der Waals surface area contributed by atoms with E-state index < -0.39 is 25.2 Å². The first-order valence-electron chi connectivity index (χ1n) is 5.60. The van der Waals surface area contributed by atoms with Crippen LogP contribution in [0.3, 0.4) is 0 Å². The Morgan fingerprint density at radius 1 is 1.37 bits per heavy atom. The number of anilines is 1. The lowest BCUT2D eigenvalue weighted by Crippen LogP contribution is -2.33. The molecule has 19 heavy (non-hydrogen) atoms. The lowest BCUT2D eigenvalue weighted by molar-refractivity contribution is -0.210. The number of nitrogens with zero attached hydrogens (tertiary/aromatic N) is 4. The van der Waals surface area contributed by atoms with Crippen LogP contribution in [0.15, 0.2) is 12.7 Å². The summed E-state index contributed by atoms with van der Waals surface area (Å²) in [6.45, 7) is 1.01. The molecule has 5 N–H and O–H groups in total. The van der Waals surface area contributed by atoms with E-state index in [0.29, 0.717) is 11.2 Å². The Bertz CT molecular complexity index is 558. The molecule has 2 aromatic rings. The van der Waals surface area contributed by atoms with Crippen LogP contribution in [0, 0.1) is 0 Å². The van der Waals surface area contributed by atoms with E-state index >= 15 is 0 Å². The fourth-order valence-electron chi connectivity index (χ4n) is 1.56. The number of rotatable bonds is 5. The van der Waals surface area contributed by atoms with E-state index in [1.165, 1.54) is 24.1 Å². The quantitative estimate of drug-likeness (QED) is 0.487. The second-order valence-corrected chi connectivity index (χ2v) is 4.01. The third-order valence-electron chi connectivity index (χ3n) is 2.64. The molecule has 0 saturated heterocycles. The maximum atomic E-state index is 9.93. The molecule has 0 bridgehead atoms. The Labute approximate surface area is 108 Å². The Hall–Kier alpha value is -1.81. The normalized spacial score (nSPS) is 16.4. The van der Waals surface area contributed by atoms with Crippen LogP contribution in [-0.2, 0) is 4.74 Å². The smallest absolute Gasteiger partial charge is 0.244 e. The maximum Gasteiger partial charge on any atom is 0.244 e. The first kappa shape index (κ1) is 13.6. The van der Waals surface area contributed by atoms with E-state index in [1.807, 2.05) is 0 Å². The van der Waals surface area contributed by atoms with Crippen LogP contribution in [0.2, 0.25) is 0 Å². The Kier molecular flexibility index (Phi) is 3.90. The summed E-state index contributed by atoms with van der Waals surface area (Å²) < 4.78 is 6.35. The molecule has 104 valence electrons. The van der Waals surface area contributed by atoms with Gasteiger partial charge in [-0.1, -0.05) is 0 Å². The van der Waals surface area contributed by atoms with Crippen LogP contribution in [0.4, 0.5) is 5.82 Å². The molecule has 0 fully saturated rings. The zero-order valence-electron chi connectivity index (χ0n) is 10.2. The highest BCUT2D eigenvalue weighted by Gasteiger charge is 2.21. The predicted molar refractivity (Wildman–Crippen MR) is 64.6 cm³/mol. The zero-order chi connectivity index (χ0) is 14.0. The summed E-state index contributed by atoms with van der Waals surface area (Å²) in [5.74, 6) is 0.185. The van der Waals surface area contributed by atoms with E-state index in [-0.39, 0.29) is 5.82 Å². The third kappa shape index (κ3) is 2.63. The SMILES string of the molecule is CC(O)[C@@H](CO)OC(O)n1cnc2c(N)ncnc21. The van der Waals surface area contributed by atoms with Crippen molar-refractivity contribution in [2.24, 2.45) is 0 Å². The number of fused-ring (bicyclic) bond motifs is 1. The summed E-state index contributed by atoms with van der Waals surface area (Å²) in [5, 5.41) is 28.3. The van der Waals surface area contributed by atoms with Crippen molar-refractivity contribution in [3.05, 3.63) is 12.7 Å². The lowest BCUT2D eigenvalue weighted by Gasteiger charge is -2.22. The molecule has 0 amide bonds. The van der Waals surface area contributed by atoms with Gasteiger partial charge in [-0.2, -0.15) is 0 Å². The largest absolute Gasteiger partial charge is 0.394 e. The minimum absolute atomic E-state index is 0.185. The number of nitrogens with two attached hydrogens (primary N) is 1. The maximum absolute atomic E-state index is 9.93. The summed E-state index contributed by atoms with van der Waals surface area (Å²) >= 11 is 0. The lowest BCUT2D eigenvalue weighted by atomic mass is 10.2. The molecule has 9 nitrogen and oxygen atoms in total. The molecular weight excluding hydrogens is 254 g/mol. The first-order valence-corrected chi connectivity index (χ1v) is 5.60. The second-order valence-electron chi connectivity index (χ2n) is 4.01. The first-order chi connectivity index (χ1) is 9.04. The number of aromatic nitrogens is 4. The highest BCUT2D eigenvalue weighted by molar-refractivity contribution is 5.81. The van der Waals surface area contributed by atoms with E-state index in [4.69, 9.17) is 15.6 Å². The van der Waals surface area contributed by atoms with Crippen molar-refractivity contribution in [3.8, 4) is 0 Å². The van der Waals surface area contributed by atoms with Crippen molar-refractivity contribution in [2.45, 2.75) is 25.5 Å². The summed E-state index contributed by atoms with van der Waals surface area (Å²) in [4.78, 5) is 11.7. The number of aliphatic hydroxyl groups excluding tert-OH is 3. The number of ether oxygens (including phenoxy) is 1. The van der Waals surface area contributed by atoms with Crippen molar-refractivity contribution in [3.63, 3.8) is 0 Å². The molecule has 2 rings (SSSR count). The van der Waals surface area contributed by atoms with Crippen LogP contribution < -0.4 is 5.73 Å². The van der Waals surface area contributed by atoms with Gasteiger partial charge in [-0.25, -0.2) is 15.0 Å². The topological polar surface area (TPSA) is 140 Å². The summed E-state index contributed by atoms with van der Waals surface area (Å²) in [6, 6.07) is 0. The van der Waals surface area contributed by atoms with Crippen molar-refractivity contribution < 1.29 is 20.1 Å². The van der Waals surface area contributed by atoms with E-state index in [0.717, 1.165) is 0 Å². The van der Waals surface area contributed by atoms with Crippen LogP contribution in [0.1, 0.15) is 13.3 Å². The van der Waals surface area contributed by atoms with Gasteiger partial charge >= 0.3 is 0 Å². The van der Waals surface area contributed by atoms with Gasteiger partial charge in [0, 0.05) is 0 Å². The molecular formula is C10H15N5O4. The minimum Gasteiger partial charge on any atom is -0.394 e. The zero-order valence-corrected chi connectivity index (χ0v) is 10.2. The monoisotopic (exact) mass is 269 g/mol. The Balaban J connectivity index is 2.27. The van der Waals surface area contributed by atoms with Crippen molar-refractivity contribution in [1.82, 2.24) is 19.5 Å². The summed E-state index contributed by atoms with van der Waals surface area (Å²) in [7, 11) is 0. The van der Waals surface area contributed by atoms with Crippen molar-refractivity contribution >= 4 is 17.0 Å². The van der Waals surface area contributed by atoms with Gasteiger partial charge in [0.05, 0.1) is 12.7 Å². The van der Waals surface area contributed by atoms with E-state index in [2.05, 4.69) is 15.0 Å². The van der Waals surface area contributed by atoms with Gasteiger partial charge < -0.3 is 25.8 Å². The summed E-state index contributed by atoms with van der Waals surface area (Å²) in [5.41, 5.74) is 6.25. The Morgan fingerprint density at radius 2 is 2.11 bits per heavy atom. The predicted octanol–water partition coefficient (Wildman–Crippen LogP) is -1.38. The average molecular weight is 269 g/mol. The number of nitrogen functional groups attached to an aromatic ring is 1. The highest BCUT2D eigenvalue weighted by Crippen LogP contribution is 2.19. The second kappa shape index (κ2) is 5.45. The third-order valence-corrected chi connectivity index (χ3v) is 2.64. The van der Waals surface area contributed by atoms with Gasteiger partial charge in [-0.3, -0.25) is 4.57 Å². The molecule has 0 aliphatic heterocycles. The van der Waals surface area contributed by atoms with Crippen LogP contribution in [-0.4, -0.2) is 53.7 Å². The molecule has 2 heterocycles. The Morgan fingerprint density at radius 3 is 2.74 bits per heavy atom. The molecule has 0 aromatic carbocycles. The van der Waals surface area contributed by atoms with Gasteiger partial charge in [0.1, 0.15) is 24.3 Å². The van der Waals surface area contributed by atoms with Gasteiger partial charge in [-0.05, 0) is 6.92 Å². The molecule has 3 atom stereocenters. The molecule has 0 aliphatic carbocycles. The van der Waals surface area contributed by atoms with E-state index in [9.17, 15) is 10.2 Å². The molecule has 0 saturated carbocycles. The molecule has 9 heteroatoms. The summed E-state index contributed by atoms with van der Waals surface area (Å²) in [6.07, 6.45) is -0.788. The molecule has 0 radical (unpaired) electrons. The van der Waals surface area contributed by atoms with Crippen molar-refractivity contribution in [1.29, 1.82) is 0 Å². The molecule has 2 unspecified atom stereocenters. The molecule has 0 spiro atoms. The van der Waals surface area contributed by atoms with Gasteiger partial charge in [0.2, 0.25) is 6.41 Å². The van der Waals surface area contributed by atoms with Gasteiger partial charge in [0.15, 0.2) is 11.5 Å². The van der Waals surface area contributed by atoms with Crippen molar-refractivity contribution in [2.75, 3.05) is 12.3 Å². The van der Waals surface area contributed by atoms with Crippen LogP contribution in [0.25, 0.3) is 11.2 Å². The molecule has 2 aromatic heterocycles. The van der Waals surface area contributed by atoms with Gasteiger partial charge in [0.25, 0.3) is 0 Å². The average Bonchev–Trinajstić information content (AvgIpc) is 2.80.